The van der Waals surface area contributed by atoms with Gasteiger partial charge < -0.3 is 0 Å². The molecule has 0 saturated heterocycles. The van der Waals surface area contributed by atoms with Gasteiger partial charge in [-0.05, 0) is 53.0 Å². The highest BCUT2D eigenvalue weighted by molar-refractivity contribution is 7.89. The molecule has 0 unspecified atom stereocenters. The first-order valence-corrected chi connectivity index (χ1v) is 12.1. The molecule has 0 aliphatic heterocycles. The summed E-state index contributed by atoms with van der Waals surface area (Å²) >= 11 is 0. The fourth-order valence-corrected chi connectivity index (χ4v) is 4.83. The molecule has 5 heteroatoms. The molecule has 4 nitrogen and oxygen atoms in total. The van der Waals surface area contributed by atoms with Crippen LogP contribution in [-0.2, 0) is 10.0 Å². The first-order chi connectivity index (χ1) is 16.0. The normalized spacial score (nSPS) is 12.8. The molecule has 5 rings (SSSR count). The van der Waals surface area contributed by atoms with E-state index in [9.17, 15) is 8.42 Å². The summed E-state index contributed by atoms with van der Waals surface area (Å²) < 4.78 is 25.7. The summed E-state index contributed by atoms with van der Waals surface area (Å²) in [5.41, 5.74) is 7.88. The molecule has 4 aromatic rings. The molecule has 4 aromatic carbocycles. The molecule has 0 amide bonds. The lowest BCUT2D eigenvalue weighted by Crippen LogP contribution is -2.20. The molecular weight excluding hydrogens is 428 g/mol. The first-order valence-electron chi connectivity index (χ1n) is 10.7. The van der Waals surface area contributed by atoms with Gasteiger partial charge in [-0.25, -0.2) is 0 Å². The zero-order valence-electron chi connectivity index (χ0n) is 18.1. The van der Waals surface area contributed by atoms with Crippen molar-refractivity contribution in [2.45, 2.75) is 11.8 Å². The van der Waals surface area contributed by atoms with Gasteiger partial charge in [-0.3, -0.25) is 0 Å². The van der Waals surface area contributed by atoms with Gasteiger partial charge in [0.15, 0.2) is 0 Å². The van der Waals surface area contributed by atoms with Crippen molar-refractivity contribution in [2.75, 3.05) is 0 Å². The molecule has 0 aromatic heterocycles. The maximum Gasteiger partial charge on any atom is 0.276 e. The minimum Gasteiger partial charge on any atom is -0.200 e. The van der Waals surface area contributed by atoms with Gasteiger partial charge in [0.05, 0.1) is 10.6 Å². The number of fused-ring (bicyclic) bond motifs is 3. The Labute approximate surface area is 194 Å². The maximum atomic E-state index is 12.9. The monoisotopic (exact) mass is 450 g/mol. The van der Waals surface area contributed by atoms with Gasteiger partial charge in [-0.15, -0.1) is 0 Å². The highest BCUT2D eigenvalue weighted by Gasteiger charge is 2.23. The van der Waals surface area contributed by atoms with Crippen molar-refractivity contribution in [1.82, 2.24) is 4.83 Å². The molecular formula is C28H22N2O2S. The number of hydrogen-bond acceptors (Lipinski definition) is 3. The van der Waals surface area contributed by atoms with E-state index in [1.165, 1.54) is 0 Å². The molecule has 0 fully saturated rings. The maximum absolute atomic E-state index is 12.9. The van der Waals surface area contributed by atoms with Crippen LogP contribution < -0.4 is 4.83 Å². The Morgan fingerprint density at radius 1 is 0.697 bits per heavy atom. The van der Waals surface area contributed by atoms with Gasteiger partial charge in [-0.1, -0.05) is 96.6 Å². The molecule has 1 aliphatic rings. The van der Waals surface area contributed by atoms with Gasteiger partial charge in [-0.2, -0.15) is 18.4 Å². The molecule has 0 saturated carbocycles. The molecule has 0 spiro atoms. The largest absolute Gasteiger partial charge is 0.276 e. The minimum atomic E-state index is -3.80. The highest BCUT2D eigenvalue weighted by atomic mass is 32.2. The third-order valence-corrected chi connectivity index (χ3v) is 6.92. The number of allylic oxidation sites excluding steroid dienone is 1. The lowest BCUT2D eigenvalue weighted by Gasteiger charge is -2.09. The Balaban J connectivity index is 1.62. The lowest BCUT2D eigenvalue weighted by molar-refractivity contribution is 0.584. The van der Waals surface area contributed by atoms with Crippen molar-refractivity contribution < 1.29 is 8.42 Å². The van der Waals surface area contributed by atoms with Crippen LogP contribution in [0.2, 0.25) is 0 Å². The van der Waals surface area contributed by atoms with Crippen molar-refractivity contribution in [3.63, 3.8) is 0 Å². The van der Waals surface area contributed by atoms with Gasteiger partial charge >= 0.3 is 0 Å². The molecule has 0 radical (unpaired) electrons. The number of nitrogens with zero attached hydrogens (tertiary/aromatic N) is 1. The SMILES string of the molecule is Cc1ccc(S(=O)(=O)N/N=C(\C=C2c3ccccc3-c3ccccc32)c2ccccc2)cc1. The van der Waals surface area contributed by atoms with Gasteiger partial charge in [0.1, 0.15) is 0 Å². The van der Waals surface area contributed by atoms with Crippen LogP contribution in [0.4, 0.5) is 0 Å². The number of rotatable bonds is 5. The Bertz CT molecular complexity index is 1440. The number of hydrazone groups is 1. The summed E-state index contributed by atoms with van der Waals surface area (Å²) in [5.74, 6) is 0. The Kier molecular flexibility index (Phi) is 5.40. The van der Waals surface area contributed by atoms with E-state index in [1.807, 2.05) is 67.6 Å². The van der Waals surface area contributed by atoms with Gasteiger partial charge in [0.25, 0.3) is 10.0 Å². The van der Waals surface area contributed by atoms with Crippen molar-refractivity contribution in [2.24, 2.45) is 5.10 Å². The van der Waals surface area contributed by atoms with Crippen LogP contribution in [0, 0.1) is 6.92 Å². The second-order valence-corrected chi connectivity index (χ2v) is 9.58. The number of hydrogen-bond donors (Lipinski definition) is 1. The van der Waals surface area contributed by atoms with Crippen LogP contribution in [0.25, 0.3) is 16.7 Å². The predicted octanol–water partition coefficient (Wildman–Crippen LogP) is 5.79. The molecule has 1 aliphatic carbocycles. The quantitative estimate of drug-likeness (QED) is 0.272. The lowest BCUT2D eigenvalue weighted by atomic mass is 10.00. The summed E-state index contributed by atoms with van der Waals surface area (Å²) in [5, 5.41) is 4.38. The van der Waals surface area contributed by atoms with Crippen molar-refractivity contribution in [3.8, 4) is 11.1 Å². The predicted molar refractivity (Wildman–Crippen MR) is 133 cm³/mol. The average molecular weight is 451 g/mol. The van der Waals surface area contributed by atoms with E-state index in [4.69, 9.17) is 0 Å². The second-order valence-electron chi connectivity index (χ2n) is 7.92. The van der Waals surface area contributed by atoms with Crippen LogP contribution in [0.1, 0.15) is 22.3 Å². The molecule has 162 valence electrons. The summed E-state index contributed by atoms with van der Waals surface area (Å²) in [6, 6.07) is 32.7. The summed E-state index contributed by atoms with van der Waals surface area (Å²) in [7, 11) is -3.80. The van der Waals surface area contributed by atoms with E-state index < -0.39 is 10.0 Å². The smallest absolute Gasteiger partial charge is 0.200 e. The van der Waals surface area contributed by atoms with E-state index in [0.29, 0.717) is 5.71 Å². The summed E-state index contributed by atoms with van der Waals surface area (Å²) in [6.07, 6.45) is 1.96. The topological polar surface area (TPSA) is 58.5 Å². The summed E-state index contributed by atoms with van der Waals surface area (Å²) in [4.78, 5) is 2.61. The molecule has 0 atom stereocenters. The van der Waals surface area contributed by atoms with Crippen molar-refractivity contribution in [1.29, 1.82) is 0 Å². The summed E-state index contributed by atoms with van der Waals surface area (Å²) in [6.45, 7) is 1.92. The third kappa shape index (κ3) is 4.11. The van der Waals surface area contributed by atoms with Crippen molar-refractivity contribution >= 4 is 21.3 Å². The fourth-order valence-electron chi connectivity index (χ4n) is 4.01. The number of aryl methyl sites for hydroxylation is 1. The van der Waals surface area contributed by atoms with E-state index in [-0.39, 0.29) is 4.90 Å². The van der Waals surface area contributed by atoms with E-state index in [1.54, 1.807) is 24.3 Å². The van der Waals surface area contributed by atoms with Crippen molar-refractivity contribution in [3.05, 3.63) is 131 Å². The first kappa shape index (κ1) is 20.9. The number of nitrogens with one attached hydrogen (secondary N) is 1. The van der Waals surface area contributed by atoms with Gasteiger partial charge in [0.2, 0.25) is 0 Å². The number of sulfonamides is 1. The minimum absolute atomic E-state index is 0.175. The van der Waals surface area contributed by atoms with E-state index in [2.05, 4.69) is 34.2 Å². The van der Waals surface area contributed by atoms with Gasteiger partial charge in [0, 0.05) is 5.56 Å². The van der Waals surface area contributed by atoms with Crippen LogP contribution in [0.3, 0.4) is 0 Å². The van der Waals surface area contributed by atoms with Crippen LogP contribution in [0.15, 0.2) is 119 Å². The Morgan fingerprint density at radius 3 is 1.79 bits per heavy atom. The molecule has 0 bridgehead atoms. The van der Waals surface area contributed by atoms with E-state index >= 15 is 0 Å². The Morgan fingerprint density at radius 2 is 1.21 bits per heavy atom. The number of benzene rings is 4. The molecule has 1 N–H and O–H groups in total. The highest BCUT2D eigenvalue weighted by Crippen LogP contribution is 2.43. The van der Waals surface area contributed by atoms with E-state index in [0.717, 1.165) is 39.0 Å². The van der Waals surface area contributed by atoms with Crippen LogP contribution in [0.5, 0.6) is 0 Å². The zero-order valence-corrected chi connectivity index (χ0v) is 18.9. The van der Waals surface area contributed by atoms with Crippen LogP contribution >= 0.6 is 0 Å². The fraction of sp³-hybridized carbons (Fsp3) is 0.0357. The zero-order chi connectivity index (χ0) is 22.8. The Hall–Kier alpha value is -3.96. The second kappa shape index (κ2) is 8.52. The molecule has 33 heavy (non-hydrogen) atoms. The molecule has 0 heterocycles. The van der Waals surface area contributed by atoms with Crippen LogP contribution in [-0.4, -0.2) is 14.1 Å². The standard InChI is InChI=1S/C28H22N2O2S/c1-20-15-17-22(18-16-20)33(31,32)30-29-28(21-9-3-2-4-10-21)19-27-25-13-7-5-11-23(25)24-12-6-8-14-26(24)27/h2-19,30H,1H3/b29-28+. The third-order valence-electron chi connectivity index (χ3n) is 5.69. The average Bonchev–Trinajstić information content (AvgIpc) is 3.16.